The third-order valence-corrected chi connectivity index (χ3v) is 4.77. The highest BCUT2D eigenvalue weighted by Crippen LogP contribution is 2.25. The van der Waals surface area contributed by atoms with Crippen molar-refractivity contribution in [2.75, 3.05) is 12.9 Å². The van der Waals surface area contributed by atoms with Crippen molar-refractivity contribution >= 4 is 33.5 Å². The quantitative estimate of drug-likeness (QED) is 0.651. The number of ketones is 1. The highest BCUT2D eigenvalue weighted by Gasteiger charge is 2.15. The second kappa shape index (κ2) is 7.79. The van der Waals surface area contributed by atoms with Crippen molar-refractivity contribution in [3.63, 3.8) is 0 Å². The molecule has 2 aromatic carbocycles. The summed E-state index contributed by atoms with van der Waals surface area (Å²) in [4.78, 5) is 12.5. The van der Waals surface area contributed by atoms with Crippen LogP contribution in [0.5, 0.6) is 5.75 Å². The molecule has 0 amide bonds. The fraction of sp³-hybridized carbons (Fsp3) is 0.235. The first-order chi connectivity index (χ1) is 10.6. The summed E-state index contributed by atoms with van der Waals surface area (Å²) in [6.45, 7) is 2.11. The molecule has 2 aromatic rings. The highest BCUT2D eigenvalue weighted by molar-refractivity contribution is 9.10. The summed E-state index contributed by atoms with van der Waals surface area (Å²) in [6.07, 6.45) is 0. The first-order valence-corrected chi connectivity index (χ1v) is 8.76. The van der Waals surface area contributed by atoms with Gasteiger partial charge in [0.05, 0.1) is 7.11 Å². The first-order valence-electron chi connectivity index (χ1n) is 6.81. The van der Waals surface area contributed by atoms with Gasteiger partial charge in [-0.15, -0.1) is 0 Å². The van der Waals surface area contributed by atoms with Crippen LogP contribution in [-0.2, 0) is 5.75 Å². The molecule has 5 heteroatoms. The number of carbonyl (C=O) groups is 1. The van der Waals surface area contributed by atoms with E-state index >= 15 is 0 Å². The summed E-state index contributed by atoms with van der Waals surface area (Å²) in [5, 5.41) is 0. The van der Waals surface area contributed by atoms with Crippen LogP contribution in [0, 0.1) is 5.82 Å². The number of methoxy groups -OCH3 is 1. The van der Waals surface area contributed by atoms with Crippen LogP contribution in [0.2, 0.25) is 0 Å². The SMILES string of the molecule is CCSCc1ccc(C(=O)c2ccc(OC)c(F)c2)c(Br)c1. The van der Waals surface area contributed by atoms with E-state index in [1.54, 1.807) is 12.1 Å². The van der Waals surface area contributed by atoms with Crippen LogP contribution in [0.3, 0.4) is 0 Å². The fourth-order valence-corrected chi connectivity index (χ4v) is 3.24. The second-order valence-electron chi connectivity index (χ2n) is 4.63. The zero-order chi connectivity index (χ0) is 16.1. The molecule has 0 unspecified atom stereocenters. The average molecular weight is 383 g/mol. The molecule has 0 spiro atoms. The van der Waals surface area contributed by atoms with Crippen molar-refractivity contribution in [3.05, 3.63) is 63.4 Å². The minimum Gasteiger partial charge on any atom is -0.494 e. The molecule has 0 aromatic heterocycles. The van der Waals surface area contributed by atoms with Gasteiger partial charge in [0.25, 0.3) is 0 Å². The van der Waals surface area contributed by atoms with Gasteiger partial charge in [0.2, 0.25) is 0 Å². The largest absolute Gasteiger partial charge is 0.494 e. The molecule has 0 bridgehead atoms. The minimum atomic E-state index is -0.541. The lowest BCUT2D eigenvalue weighted by molar-refractivity contribution is 0.103. The van der Waals surface area contributed by atoms with Crippen molar-refractivity contribution in [3.8, 4) is 5.75 Å². The molecule has 0 saturated carbocycles. The number of hydrogen-bond donors (Lipinski definition) is 0. The molecule has 0 aliphatic rings. The van der Waals surface area contributed by atoms with Gasteiger partial charge in [0, 0.05) is 21.4 Å². The lowest BCUT2D eigenvalue weighted by Crippen LogP contribution is -2.04. The molecule has 0 aliphatic carbocycles. The molecule has 2 rings (SSSR count). The Bertz CT molecular complexity index is 688. The number of rotatable bonds is 6. The van der Waals surface area contributed by atoms with Crippen molar-refractivity contribution in [1.82, 2.24) is 0 Å². The summed E-state index contributed by atoms with van der Waals surface area (Å²) in [5.74, 6) is 1.32. The van der Waals surface area contributed by atoms with Gasteiger partial charge in [-0.3, -0.25) is 4.79 Å². The van der Waals surface area contributed by atoms with Crippen LogP contribution in [0.4, 0.5) is 4.39 Å². The van der Waals surface area contributed by atoms with Crippen LogP contribution in [0.25, 0.3) is 0 Å². The van der Waals surface area contributed by atoms with Gasteiger partial charge >= 0.3 is 0 Å². The zero-order valence-electron chi connectivity index (χ0n) is 12.4. The molecular weight excluding hydrogens is 367 g/mol. The smallest absolute Gasteiger partial charge is 0.194 e. The summed E-state index contributed by atoms with van der Waals surface area (Å²) < 4.78 is 19.3. The van der Waals surface area contributed by atoms with Gasteiger partial charge in [-0.05, 0) is 41.6 Å². The molecule has 0 fully saturated rings. The van der Waals surface area contributed by atoms with Gasteiger partial charge in [0.1, 0.15) is 0 Å². The molecule has 22 heavy (non-hydrogen) atoms. The Morgan fingerprint density at radius 2 is 2.05 bits per heavy atom. The molecule has 2 nitrogen and oxygen atoms in total. The van der Waals surface area contributed by atoms with Crippen molar-refractivity contribution in [2.45, 2.75) is 12.7 Å². The fourth-order valence-electron chi connectivity index (χ4n) is 2.02. The molecule has 0 atom stereocenters. The van der Waals surface area contributed by atoms with E-state index in [1.807, 2.05) is 23.9 Å². The number of thioether (sulfide) groups is 1. The normalized spacial score (nSPS) is 10.5. The van der Waals surface area contributed by atoms with Crippen LogP contribution >= 0.6 is 27.7 Å². The number of benzene rings is 2. The summed E-state index contributed by atoms with van der Waals surface area (Å²) >= 11 is 5.25. The van der Waals surface area contributed by atoms with Gasteiger partial charge in [-0.25, -0.2) is 4.39 Å². The van der Waals surface area contributed by atoms with E-state index in [4.69, 9.17) is 4.74 Å². The summed E-state index contributed by atoms with van der Waals surface area (Å²) in [5.41, 5.74) is 1.97. The maximum atomic E-state index is 13.7. The lowest BCUT2D eigenvalue weighted by Gasteiger charge is -2.08. The molecule has 116 valence electrons. The maximum absolute atomic E-state index is 13.7. The minimum absolute atomic E-state index is 0.127. The number of hydrogen-bond acceptors (Lipinski definition) is 3. The van der Waals surface area contributed by atoms with Crippen LogP contribution in [0.15, 0.2) is 40.9 Å². The Balaban J connectivity index is 2.27. The molecule has 0 N–H and O–H groups in total. The van der Waals surface area contributed by atoms with Gasteiger partial charge in [-0.2, -0.15) is 11.8 Å². The Hall–Kier alpha value is -1.33. The van der Waals surface area contributed by atoms with Crippen LogP contribution in [-0.4, -0.2) is 18.6 Å². The third-order valence-electron chi connectivity index (χ3n) is 3.16. The van der Waals surface area contributed by atoms with Crippen LogP contribution < -0.4 is 4.74 Å². The monoisotopic (exact) mass is 382 g/mol. The Labute approximate surface area is 142 Å². The van der Waals surface area contributed by atoms with Gasteiger partial charge in [-0.1, -0.05) is 28.9 Å². The predicted molar refractivity (Wildman–Crippen MR) is 92.4 cm³/mol. The third kappa shape index (κ3) is 3.90. The predicted octanol–water partition coefficient (Wildman–Crippen LogP) is 5.08. The van der Waals surface area contributed by atoms with Crippen molar-refractivity contribution in [2.24, 2.45) is 0 Å². The topological polar surface area (TPSA) is 26.3 Å². The number of ether oxygens (including phenoxy) is 1. The average Bonchev–Trinajstić information content (AvgIpc) is 2.52. The molecule has 0 aliphatic heterocycles. The highest BCUT2D eigenvalue weighted by atomic mass is 79.9. The lowest BCUT2D eigenvalue weighted by atomic mass is 10.0. The Morgan fingerprint density at radius 3 is 2.64 bits per heavy atom. The van der Waals surface area contributed by atoms with E-state index in [1.165, 1.54) is 19.2 Å². The van der Waals surface area contributed by atoms with Crippen LogP contribution in [0.1, 0.15) is 28.4 Å². The van der Waals surface area contributed by atoms with E-state index in [9.17, 15) is 9.18 Å². The van der Waals surface area contributed by atoms with E-state index in [-0.39, 0.29) is 11.5 Å². The Morgan fingerprint density at radius 1 is 1.27 bits per heavy atom. The molecule has 0 heterocycles. The first kappa shape index (κ1) is 17.0. The number of carbonyl (C=O) groups excluding carboxylic acids is 1. The summed E-state index contributed by atoms with van der Waals surface area (Å²) in [7, 11) is 1.39. The molecule has 0 radical (unpaired) electrons. The standard InChI is InChI=1S/C17H16BrFO2S/c1-3-22-10-11-4-6-13(14(18)8-11)17(20)12-5-7-16(21-2)15(19)9-12/h4-9H,3,10H2,1-2H3. The maximum Gasteiger partial charge on any atom is 0.194 e. The number of halogens is 2. The van der Waals surface area contributed by atoms with Crippen molar-refractivity contribution in [1.29, 1.82) is 0 Å². The van der Waals surface area contributed by atoms with Gasteiger partial charge < -0.3 is 4.74 Å². The molecule has 0 saturated heterocycles. The summed E-state index contributed by atoms with van der Waals surface area (Å²) in [6, 6.07) is 9.88. The Kier molecular flexibility index (Phi) is 6.03. The van der Waals surface area contributed by atoms with E-state index < -0.39 is 5.82 Å². The van der Waals surface area contributed by atoms with E-state index in [0.29, 0.717) is 11.1 Å². The van der Waals surface area contributed by atoms with E-state index in [2.05, 4.69) is 22.9 Å². The molecular formula is C17H16BrFO2S. The second-order valence-corrected chi connectivity index (χ2v) is 6.76. The zero-order valence-corrected chi connectivity index (χ0v) is 14.8. The van der Waals surface area contributed by atoms with E-state index in [0.717, 1.165) is 21.5 Å². The van der Waals surface area contributed by atoms with Crippen molar-refractivity contribution < 1.29 is 13.9 Å². The van der Waals surface area contributed by atoms with Gasteiger partial charge in [0.15, 0.2) is 17.3 Å².